The maximum atomic E-state index is 5.52. The monoisotopic (exact) mass is 267 g/mol. The molecule has 0 bridgehead atoms. The summed E-state index contributed by atoms with van der Waals surface area (Å²) in [7, 11) is 0. The molecule has 0 aromatic carbocycles. The van der Waals surface area contributed by atoms with Crippen molar-refractivity contribution in [2.45, 2.75) is 39.2 Å². The lowest BCUT2D eigenvalue weighted by Crippen LogP contribution is -2.59. The fourth-order valence-corrected chi connectivity index (χ4v) is 6.94. The molecule has 102 valence electrons. The van der Waals surface area contributed by atoms with Crippen molar-refractivity contribution in [3.05, 3.63) is 0 Å². The SMILES string of the molecule is CC1(C)C2CC(N3CCOCC3)C3(CS)CCC213. The summed E-state index contributed by atoms with van der Waals surface area (Å²) in [6.07, 6.45) is 4.30. The average Bonchev–Trinajstić information content (AvgIpc) is 2.78. The Balaban J connectivity index is 1.64. The molecule has 4 aliphatic rings. The number of hydrogen-bond acceptors (Lipinski definition) is 3. The summed E-state index contributed by atoms with van der Waals surface area (Å²) in [4.78, 5) is 2.73. The van der Waals surface area contributed by atoms with E-state index in [0.29, 0.717) is 16.2 Å². The third-order valence-corrected chi connectivity index (χ3v) is 7.82. The van der Waals surface area contributed by atoms with Crippen molar-refractivity contribution in [1.82, 2.24) is 4.90 Å². The Morgan fingerprint density at radius 1 is 1.22 bits per heavy atom. The number of ether oxygens (including phenoxy) is 1. The first kappa shape index (κ1) is 12.0. The van der Waals surface area contributed by atoms with Crippen molar-refractivity contribution in [2.75, 3.05) is 32.1 Å². The Labute approximate surface area is 116 Å². The van der Waals surface area contributed by atoms with Gasteiger partial charge in [0.05, 0.1) is 13.2 Å². The van der Waals surface area contributed by atoms with Gasteiger partial charge in [-0.1, -0.05) is 13.8 Å². The van der Waals surface area contributed by atoms with Gasteiger partial charge in [-0.05, 0) is 41.8 Å². The van der Waals surface area contributed by atoms with Crippen molar-refractivity contribution in [2.24, 2.45) is 22.2 Å². The highest BCUT2D eigenvalue weighted by atomic mass is 32.1. The molecule has 2 nitrogen and oxygen atoms in total. The van der Waals surface area contributed by atoms with Gasteiger partial charge in [0.1, 0.15) is 0 Å². The summed E-state index contributed by atoms with van der Waals surface area (Å²) in [6, 6.07) is 0.797. The summed E-state index contributed by atoms with van der Waals surface area (Å²) < 4.78 is 5.52. The van der Waals surface area contributed by atoms with Gasteiger partial charge in [-0.25, -0.2) is 0 Å². The van der Waals surface area contributed by atoms with Crippen LogP contribution in [0.25, 0.3) is 0 Å². The Morgan fingerprint density at radius 3 is 2.50 bits per heavy atom. The van der Waals surface area contributed by atoms with Crippen LogP contribution < -0.4 is 0 Å². The van der Waals surface area contributed by atoms with Crippen LogP contribution in [-0.2, 0) is 4.74 Å². The van der Waals surface area contributed by atoms with Crippen LogP contribution in [0.1, 0.15) is 33.1 Å². The quantitative estimate of drug-likeness (QED) is 0.772. The van der Waals surface area contributed by atoms with E-state index >= 15 is 0 Å². The molecule has 0 N–H and O–H groups in total. The van der Waals surface area contributed by atoms with E-state index in [1.54, 1.807) is 0 Å². The van der Waals surface area contributed by atoms with Gasteiger partial charge in [0.25, 0.3) is 0 Å². The lowest BCUT2D eigenvalue weighted by atomic mass is 9.53. The fraction of sp³-hybridized carbons (Fsp3) is 1.00. The number of morpholine rings is 1. The van der Waals surface area contributed by atoms with E-state index in [2.05, 4.69) is 18.7 Å². The van der Waals surface area contributed by atoms with E-state index in [4.69, 9.17) is 17.4 Å². The van der Waals surface area contributed by atoms with Crippen LogP contribution in [0.15, 0.2) is 0 Å². The molecular weight excluding hydrogens is 242 g/mol. The average molecular weight is 267 g/mol. The maximum absolute atomic E-state index is 5.52. The molecule has 0 amide bonds. The summed E-state index contributed by atoms with van der Waals surface area (Å²) in [5.41, 5.74) is 1.78. The third kappa shape index (κ3) is 1.04. The highest BCUT2D eigenvalue weighted by molar-refractivity contribution is 7.80. The van der Waals surface area contributed by atoms with Crippen LogP contribution in [0.3, 0.4) is 0 Å². The van der Waals surface area contributed by atoms with Crippen molar-refractivity contribution in [3.63, 3.8) is 0 Å². The molecule has 0 aromatic heterocycles. The van der Waals surface area contributed by atoms with Crippen LogP contribution in [-0.4, -0.2) is 43.0 Å². The van der Waals surface area contributed by atoms with Crippen LogP contribution in [0.2, 0.25) is 0 Å². The molecule has 18 heavy (non-hydrogen) atoms. The second-order valence-corrected chi connectivity index (χ2v) is 7.78. The van der Waals surface area contributed by atoms with Crippen molar-refractivity contribution in [1.29, 1.82) is 0 Å². The van der Waals surface area contributed by atoms with Gasteiger partial charge in [0.15, 0.2) is 0 Å². The first-order valence-corrected chi connectivity index (χ1v) is 8.16. The van der Waals surface area contributed by atoms with E-state index in [9.17, 15) is 0 Å². The zero-order valence-corrected chi connectivity index (χ0v) is 12.5. The lowest BCUT2D eigenvalue weighted by molar-refractivity contribution is -0.0821. The minimum atomic E-state index is 0.529. The van der Waals surface area contributed by atoms with Crippen LogP contribution in [0, 0.1) is 22.2 Å². The molecule has 4 atom stereocenters. The molecule has 4 rings (SSSR count). The van der Waals surface area contributed by atoms with Crippen LogP contribution >= 0.6 is 12.6 Å². The van der Waals surface area contributed by atoms with E-state index in [1.165, 1.54) is 19.3 Å². The van der Waals surface area contributed by atoms with Crippen molar-refractivity contribution >= 4 is 12.6 Å². The summed E-state index contributed by atoms with van der Waals surface area (Å²) in [5, 5.41) is 0. The molecule has 3 saturated carbocycles. The molecule has 0 aromatic rings. The highest BCUT2D eigenvalue weighted by Crippen LogP contribution is 2.90. The van der Waals surface area contributed by atoms with E-state index in [-0.39, 0.29) is 0 Å². The number of nitrogens with zero attached hydrogens (tertiary/aromatic N) is 1. The molecule has 0 radical (unpaired) electrons. The van der Waals surface area contributed by atoms with E-state index < -0.39 is 0 Å². The number of rotatable bonds is 2. The van der Waals surface area contributed by atoms with Gasteiger partial charge in [0, 0.05) is 24.5 Å². The Morgan fingerprint density at radius 2 is 1.94 bits per heavy atom. The van der Waals surface area contributed by atoms with Gasteiger partial charge in [-0.15, -0.1) is 0 Å². The smallest absolute Gasteiger partial charge is 0.0594 e. The molecule has 1 spiro atoms. The normalized spacial score (nSPS) is 53.5. The third-order valence-electron chi connectivity index (χ3n) is 7.25. The Hall–Kier alpha value is 0.270. The van der Waals surface area contributed by atoms with Gasteiger partial charge < -0.3 is 4.74 Å². The predicted octanol–water partition coefficient (Wildman–Crippen LogP) is 2.44. The Bertz CT molecular complexity index is 375. The second kappa shape index (κ2) is 3.48. The van der Waals surface area contributed by atoms with Crippen molar-refractivity contribution in [3.8, 4) is 0 Å². The van der Waals surface area contributed by atoms with Crippen LogP contribution in [0.5, 0.6) is 0 Å². The standard InChI is InChI=1S/C15H25NOS/c1-13(2)11-9-12(16-5-7-17-8-6-16)14(10-18)3-4-15(11,13)14/h11-12,18H,3-10H2,1-2H3. The topological polar surface area (TPSA) is 12.5 Å². The minimum absolute atomic E-state index is 0.529. The molecule has 3 aliphatic carbocycles. The van der Waals surface area contributed by atoms with Gasteiger partial charge in [0.2, 0.25) is 0 Å². The second-order valence-electron chi connectivity index (χ2n) is 7.46. The van der Waals surface area contributed by atoms with Crippen LogP contribution in [0.4, 0.5) is 0 Å². The maximum Gasteiger partial charge on any atom is 0.0594 e. The molecule has 1 heterocycles. The zero-order valence-electron chi connectivity index (χ0n) is 11.6. The molecule has 4 unspecified atom stereocenters. The summed E-state index contributed by atoms with van der Waals surface area (Å²) in [6.45, 7) is 9.16. The van der Waals surface area contributed by atoms with Gasteiger partial charge in [-0.2, -0.15) is 12.6 Å². The zero-order chi connectivity index (χ0) is 12.6. The van der Waals surface area contributed by atoms with Gasteiger partial charge in [-0.3, -0.25) is 4.90 Å². The summed E-state index contributed by atoms with van der Waals surface area (Å²) in [5.74, 6) is 2.06. The largest absolute Gasteiger partial charge is 0.379 e. The van der Waals surface area contributed by atoms with Gasteiger partial charge >= 0.3 is 0 Å². The molecule has 4 fully saturated rings. The van der Waals surface area contributed by atoms with Crippen molar-refractivity contribution < 1.29 is 4.74 Å². The summed E-state index contributed by atoms with van der Waals surface area (Å²) >= 11 is 4.79. The molecular formula is C15H25NOS. The molecule has 1 saturated heterocycles. The Kier molecular flexibility index (Phi) is 2.33. The molecule has 1 aliphatic heterocycles. The number of thiol groups is 1. The van der Waals surface area contributed by atoms with E-state index in [0.717, 1.165) is 44.0 Å². The minimum Gasteiger partial charge on any atom is -0.379 e. The number of hydrogen-bond donors (Lipinski definition) is 1. The highest BCUT2D eigenvalue weighted by Gasteiger charge is 2.87. The first-order valence-electron chi connectivity index (χ1n) is 7.53. The predicted molar refractivity (Wildman–Crippen MR) is 76.0 cm³/mol. The lowest BCUT2D eigenvalue weighted by Gasteiger charge is -2.57. The van der Waals surface area contributed by atoms with E-state index in [1.807, 2.05) is 0 Å². The fourth-order valence-electron chi connectivity index (χ4n) is 6.29. The molecule has 3 heteroatoms. The first-order chi connectivity index (χ1) is 8.60.